The molecule has 14 nitrogen and oxygen atoms in total. The number of sulfonamides is 1. The fraction of sp³-hybridized carbons (Fsp3) is 0.569. The van der Waals surface area contributed by atoms with Crippen LogP contribution in [-0.4, -0.2) is 113 Å². The van der Waals surface area contributed by atoms with Gasteiger partial charge in [0.25, 0.3) is 8.53 Å². The summed E-state index contributed by atoms with van der Waals surface area (Å²) in [5.41, 5.74) is 3.84. The van der Waals surface area contributed by atoms with Crippen LogP contribution in [0.2, 0.25) is 0 Å². The highest BCUT2D eigenvalue weighted by Gasteiger charge is 2.61. The highest BCUT2D eigenvalue weighted by Crippen LogP contribution is 2.63. The highest BCUT2D eigenvalue weighted by molar-refractivity contribution is 7.89. The molecule has 67 heavy (non-hydrogen) atoms. The number of terminal acetylenes is 1. The molecular formula is C51H69N4O10PS. The third kappa shape index (κ3) is 8.97. The zero-order valence-electron chi connectivity index (χ0n) is 41.3. The molecular weight excluding hydrogens is 892 g/mol. The molecule has 0 aromatic heterocycles. The molecule has 7 rings (SSSR count). The van der Waals surface area contributed by atoms with E-state index in [4.69, 9.17) is 34.4 Å². The molecule has 0 aliphatic carbocycles. The summed E-state index contributed by atoms with van der Waals surface area (Å²) < 4.78 is 71.3. The van der Waals surface area contributed by atoms with Crippen molar-refractivity contribution in [2.75, 3.05) is 69.1 Å². The van der Waals surface area contributed by atoms with E-state index in [1.807, 2.05) is 24.3 Å². The van der Waals surface area contributed by atoms with Crippen LogP contribution in [0.5, 0.6) is 11.5 Å². The predicted molar refractivity (Wildman–Crippen MR) is 261 cm³/mol. The van der Waals surface area contributed by atoms with E-state index in [-0.39, 0.29) is 80.6 Å². The molecule has 364 valence electrons. The van der Waals surface area contributed by atoms with Crippen LogP contribution in [0.25, 0.3) is 0 Å². The van der Waals surface area contributed by atoms with Gasteiger partial charge in [-0.15, -0.1) is 12.3 Å². The number of carbonyl (C=O) groups is 2. The molecule has 16 heteroatoms. The number of hydrogen-bond donors (Lipinski definition) is 0. The highest BCUT2D eigenvalue weighted by atomic mass is 32.2. The van der Waals surface area contributed by atoms with Gasteiger partial charge in [-0.25, -0.2) is 13.1 Å². The fourth-order valence-corrected chi connectivity index (χ4v) is 14.0. The quantitative estimate of drug-likeness (QED) is 0.0492. The van der Waals surface area contributed by atoms with Crippen LogP contribution >= 0.6 is 8.53 Å². The Morgan fingerprint density at radius 1 is 0.731 bits per heavy atom. The Bertz CT molecular complexity index is 2400. The number of fused-ring (bicyclic) bond motifs is 8. The maximum absolute atomic E-state index is 15.4. The topological polar surface area (TPSA) is 137 Å². The van der Waals surface area contributed by atoms with E-state index in [1.165, 1.54) is 13.8 Å². The molecule has 4 heterocycles. The lowest BCUT2D eigenvalue weighted by molar-refractivity contribution is -0.141. The van der Waals surface area contributed by atoms with E-state index >= 15 is 8.42 Å². The number of nitrogens with zero attached hydrogens (tertiary/aromatic N) is 4. The lowest BCUT2D eigenvalue weighted by atomic mass is 9.71. The normalized spacial score (nSPS) is 20.6. The summed E-state index contributed by atoms with van der Waals surface area (Å²) >= 11 is 0. The molecule has 3 aromatic rings. The van der Waals surface area contributed by atoms with Crippen LogP contribution in [0.15, 0.2) is 53.4 Å². The number of ether oxygens (including phenoxy) is 4. The Hall–Kier alpha value is -4.26. The Kier molecular flexibility index (Phi) is 14.8. The Morgan fingerprint density at radius 2 is 1.24 bits per heavy atom. The van der Waals surface area contributed by atoms with Crippen molar-refractivity contribution in [2.45, 2.75) is 135 Å². The summed E-state index contributed by atoms with van der Waals surface area (Å²) in [5, 5.41) is 0. The monoisotopic (exact) mass is 960 g/mol. The van der Waals surface area contributed by atoms with E-state index in [0.29, 0.717) is 54.3 Å². The molecule has 1 unspecified atom stereocenters. The standard InChI is InChI=1S/C51H69N4O10PS/c1-14-15-23-63-66(55(33(2)3)34(4)5)64-28-27-60-24-22-54-51(39-18-16-17-19-48(39)67(54,58)59)42-29-40-44(52(20-25-61-37(8)56)35(6)49(40,10)11)31-46(42)65-47-32-45-41(30-43(47)51)50(12,13)36(7)53(45)21-26-62-38(9)57/h1,16-19,29-36H,15,20-28H2,2-13H3/t35-,36-,66?/m1/s1. The lowest BCUT2D eigenvalue weighted by Gasteiger charge is -2.44. The summed E-state index contributed by atoms with van der Waals surface area (Å²) in [7, 11) is -5.57. The molecule has 4 aliphatic heterocycles. The van der Waals surface area contributed by atoms with Gasteiger partial charge in [-0.05, 0) is 70.9 Å². The van der Waals surface area contributed by atoms with Crippen molar-refractivity contribution in [3.8, 4) is 23.8 Å². The van der Waals surface area contributed by atoms with Crippen molar-refractivity contribution in [1.82, 2.24) is 8.98 Å². The van der Waals surface area contributed by atoms with Gasteiger partial charge in [-0.3, -0.25) is 9.59 Å². The van der Waals surface area contributed by atoms with Gasteiger partial charge in [0.2, 0.25) is 10.0 Å². The molecule has 0 fully saturated rings. The molecule has 3 aromatic carbocycles. The zero-order chi connectivity index (χ0) is 48.8. The number of hydrogen-bond acceptors (Lipinski definition) is 13. The first-order chi connectivity index (χ1) is 31.6. The molecule has 4 aliphatic rings. The Labute approximate surface area is 399 Å². The number of esters is 2. The van der Waals surface area contributed by atoms with Gasteiger partial charge in [0.15, 0.2) is 0 Å². The molecule has 0 amide bonds. The van der Waals surface area contributed by atoms with E-state index in [1.54, 1.807) is 16.4 Å². The summed E-state index contributed by atoms with van der Waals surface area (Å²) in [6, 6.07) is 16.0. The van der Waals surface area contributed by atoms with E-state index in [9.17, 15) is 9.59 Å². The molecule has 0 radical (unpaired) electrons. The van der Waals surface area contributed by atoms with Gasteiger partial charge >= 0.3 is 11.9 Å². The first-order valence-corrected chi connectivity index (χ1v) is 26.0. The lowest BCUT2D eigenvalue weighted by Crippen LogP contribution is -2.49. The van der Waals surface area contributed by atoms with Gasteiger partial charge in [-0.1, -0.05) is 45.9 Å². The van der Waals surface area contributed by atoms with Crippen molar-refractivity contribution >= 4 is 41.9 Å². The van der Waals surface area contributed by atoms with Crippen molar-refractivity contribution < 1.29 is 46.0 Å². The minimum atomic E-state index is -4.15. The van der Waals surface area contributed by atoms with Crippen LogP contribution in [0, 0.1) is 12.3 Å². The number of rotatable bonds is 19. The van der Waals surface area contributed by atoms with E-state index in [2.05, 4.69) is 102 Å². The number of carbonyl (C=O) groups excluding carboxylic acids is 2. The van der Waals surface area contributed by atoms with Gasteiger partial charge in [0, 0.05) is 102 Å². The first kappa shape index (κ1) is 50.6. The van der Waals surface area contributed by atoms with Crippen LogP contribution in [0.1, 0.15) is 117 Å². The number of benzene rings is 3. The molecule has 0 saturated carbocycles. The third-order valence-corrected chi connectivity index (χ3v) is 18.3. The largest absolute Gasteiger partial charge is 0.464 e. The van der Waals surface area contributed by atoms with Gasteiger partial charge in [0.1, 0.15) is 30.3 Å². The molecule has 0 N–H and O–H groups in total. The minimum absolute atomic E-state index is 0.000308. The second-order valence-electron chi connectivity index (χ2n) is 19.5. The molecule has 1 spiro atoms. The second kappa shape index (κ2) is 19.6. The summed E-state index contributed by atoms with van der Waals surface area (Å²) in [6.07, 6.45) is 6.00. The summed E-state index contributed by atoms with van der Waals surface area (Å²) in [4.78, 5) is 28.4. The third-order valence-electron chi connectivity index (χ3n) is 14.3. The second-order valence-corrected chi connectivity index (χ2v) is 22.8. The van der Waals surface area contributed by atoms with Crippen LogP contribution in [0.3, 0.4) is 0 Å². The zero-order valence-corrected chi connectivity index (χ0v) is 43.0. The molecule has 0 saturated heterocycles. The van der Waals surface area contributed by atoms with Gasteiger partial charge < -0.3 is 37.8 Å². The van der Waals surface area contributed by atoms with Crippen molar-refractivity contribution in [3.05, 3.63) is 76.3 Å². The maximum Gasteiger partial charge on any atom is 0.302 e. The SMILES string of the molecule is C#CCCOP(OCCOCCN1C2(c3cc4c(cc3Oc3cc5c(cc32)C(C)(C)[C@@H](C)N5CCOC(C)=O)N(CCOC(C)=O)[C@H](C)C4(C)C)c2ccccc2S1(=O)=O)N(C(C)C)C(C)C. The average Bonchev–Trinajstić information content (AvgIpc) is 3.66. The number of anilines is 2. The van der Waals surface area contributed by atoms with Crippen LogP contribution in [0.4, 0.5) is 11.4 Å². The summed E-state index contributed by atoms with van der Waals surface area (Å²) in [5.74, 6) is 2.99. The van der Waals surface area contributed by atoms with Gasteiger partial charge in [0.05, 0.1) is 44.4 Å². The van der Waals surface area contributed by atoms with Crippen molar-refractivity contribution in [2.24, 2.45) is 0 Å². The average molecular weight is 961 g/mol. The van der Waals surface area contributed by atoms with Gasteiger partial charge in [-0.2, -0.15) is 4.31 Å². The molecule has 0 bridgehead atoms. The summed E-state index contributed by atoms with van der Waals surface area (Å²) in [6.45, 7) is 26.6. The Morgan fingerprint density at radius 3 is 1.73 bits per heavy atom. The minimum Gasteiger partial charge on any atom is -0.464 e. The van der Waals surface area contributed by atoms with E-state index < -0.39 is 34.9 Å². The van der Waals surface area contributed by atoms with E-state index in [0.717, 1.165) is 22.5 Å². The fourth-order valence-electron chi connectivity index (χ4n) is 10.5. The van der Waals surface area contributed by atoms with Crippen molar-refractivity contribution in [1.29, 1.82) is 0 Å². The van der Waals surface area contributed by atoms with Crippen LogP contribution in [-0.2, 0) is 59.2 Å². The predicted octanol–water partition coefficient (Wildman–Crippen LogP) is 8.61. The maximum atomic E-state index is 15.4. The first-order valence-electron chi connectivity index (χ1n) is 23.5. The Balaban J connectivity index is 1.34. The smallest absolute Gasteiger partial charge is 0.302 e. The van der Waals surface area contributed by atoms with Crippen molar-refractivity contribution in [3.63, 3.8) is 0 Å². The van der Waals surface area contributed by atoms with Crippen LogP contribution < -0.4 is 14.5 Å². The molecule has 3 atom stereocenters.